The van der Waals surface area contributed by atoms with Crippen LogP contribution in [0.5, 0.6) is 0 Å². The highest BCUT2D eigenvalue weighted by Crippen LogP contribution is 2.19. The number of aliphatic carboxylic acids is 1. The van der Waals surface area contributed by atoms with Gasteiger partial charge in [0, 0.05) is 48.8 Å². The summed E-state index contributed by atoms with van der Waals surface area (Å²) < 4.78 is 0. The number of hydrogen-bond acceptors (Lipinski definition) is 7. The molecule has 0 bridgehead atoms. The molecule has 2 aromatic rings. The Balaban J connectivity index is 2.15. The van der Waals surface area contributed by atoms with Crippen molar-refractivity contribution in [2.75, 3.05) is 6.54 Å². The van der Waals surface area contributed by atoms with E-state index in [0.717, 1.165) is 0 Å². The number of aliphatic imine (C=N–C) groups is 1. The lowest BCUT2D eigenvalue weighted by molar-refractivity contribution is -0.137. The third kappa shape index (κ3) is 12.6. The van der Waals surface area contributed by atoms with E-state index >= 15 is 0 Å². The van der Waals surface area contributed by atoms with E-state index in [1.54, 1.807) is 48.5 Å². The van der Waals surface area contributed by atoms with Gasteiger partial charge in [0.1, 0.15) is 5.78 Å². The Morgan fingerprint density at radius 3 is 2.02 bits per heavy atom. The van der Waals surface area contributed by atoms with E-state index in [-0.39, 0.29) is 69.0 Å². The second-order valence-corrected chi connectivity index (χ2v) is 10.8. The zero-order chi connectivity index (χ0) is 32.6. The van der Waals surface area contributed by atoms with E-state index in [0.29, 0.717) is 23.1 Å². The third-order valence-corrected chi connectivity index (χ3v) is 7.08. The summed E-state index contributed by atoms with van der Waals surface area (Å²) in [7, 11) is 0. The van der Waals surface area contributed by atoms with Crippen molar-refractivity contribution in [1.29, 1.82) is 0 Å². The highest BCUT2D eigenvalue weighted by atomic mass is 16.4. The van der Waals surface area contributed by atoms with Crippen LogP contribution in [0.4, 0.5) is 0 Å². The quantitative estimate of drug-likeness (QED) is 0.0640. The molecule has 2 aromatic carbocycles. The van der Waals surface area contributed by atoms with Crippen LogP contribution in [0.1, 0.15) is 73.4 Å². The number of primary amides is 1. The smallest absolute Gasteiger partial charge is 0.303 e. The largest absolute Gasteiger partial charge is 0.481 e. The fraction of sp³-hybridized carbons (Fsp3) is 0.406. The number of carbonyl (C=O) groups excluding carboxylic acids is 5. The lowest BCUT2D eigenvalue weighted by Crippen LogP contribution is -2.45. The van der Waals surface area contributed by atoms with Crippen LogP contribution in [-0.4, -0.2) is 58.8 Å². The van der Waals surface area contributed by atoms with Gasteiger partial charge in [-0.1, -0.05) is 54.6 Å². The average Bonchev–Trinajstić information content (AvgIpc) is 2.97. The van der Waals surface area contributed by atoms with Crippen molar-refractivity contribution in [1.82, 2.24) is 5.32 Å². The Hall–Kier alpha value is -4.87. The van der Waals surface area contributed by atoms with E-state index in [1.807, 2.05) is 6.07 Å². The van der Waals surface area contributed by atoms with Crippen molar-refractivity contribution in [2.45, 2.75) is 64.3 Å². The van der Waals surface area contributed by atoms with Crippen molar-refractivity contribution < 1.29 is 33.9 Å². The van der Waals surface area contributed by atoms with E-state index in [9.17, 15) is 28.8 Å². The summed E-state index contributed by atoms with van der Waals surface area (Å²) >= 11 is 0. The minimum atomic E-state index is -1.08. The Bertz CT molecular complexity index is 1340. The molecule has 0 unspecified atom stereocenters. The zero-order valence-corrected chi connectivity index (χ0v) is 24.9. The van der Waals surface area contributed by atoms with Crippen LogP contribution in [-0.2, 0) is 30.4 Å². The first-order valence-corrected chi connectivity index (χ1v) is 14.4. The van der Waals surface area contributed by atoms with Crippen molar-refractivity contribution >= 4 is 41.1 Å². The standard InChI is InChI=1S/C32H41N5O7/c1-20(38)17-24(9-6-16-36-32(34)35)31(44)37-26(10-5-11-28(40)41)27(39)19-25(30(33)43)18-21-12-14-23(15-13-21)29(42)22-7-3-2-4-8-22/h2-4,7-8,12-15,24-26H,5-6,9-11,16-19H2,1H3,(H2,33,43)(H,37,44)(H,40,41)(H4,34,35,36)/t24-,25-,26+/m1/s1. The topological polar surface area (TPSA) is 225 Å². The number of carboxylic acids is 1. The van der Waals surface area contributed by atoms with Crippen LogP contribution < -0.4 is 22.5 Å². The number of carboxylic acid groups (broad SMARTS) is 1. The molecular weight excluding hydrogens is 566 g/mol. The molecule has 0 aromatic heterocycles. The first-order valence-electron chi connectivity index (χ1n) is 14.4. The minimum Gasteiger partial charge on any atom is -0.481 e. The molecule has 0 saturated carbocycles. The molecule has 0 aliphatic carbocycles. The lowest BCUT2D eigenvalue weighted by atomic mass is 9.89. The second kappa shape index (κ2) is 17.9. The molecule has 2 amide bonds. The molecule has 12 nitrogen and oxygen atoms in total. The summed E-state index contributed by atoms with van der Waals surface area (Å²) in [6.07, 6.45) is 0.379. The van der Waals surface area contributed by atoms with Crippen LogP contribution in [0.15, 0.2) is 59.6 Å². The maximum atomic E-state index is 13.4. The number of ketones is 3. The summed E-state index contributed by atoms with van der Waals surface area (Å²) in [4.78, 5) is 78.5. The number of nitrogens with two attached hydrogens (primary N) is 3. The molecule has 0 aliphatic heterocycles. The lowest BCUT2D eigenvalue weighted by Gasteiger charge is -2.23. The highest BCUT2D eigenvalue weighted by molar-refractivity contribution is 6.09. The fourth-order valence-electron chi connectivity index (χ4n) is 4.77. The van der Waals surface area contributed by atoms with Gasteiger partial charge in [-0.2, -0.15) is 0 Å². The summed E-state index contributed by atoms with van der Waals surface area (Å²) in [6.45, 7) is 1.61. The van der Waals surface area contributed by atoms with Gasteiger partial charge in [-0.15, -0.1) is 0 Å². The number of Topliss-reactive ketones (excluding diaryl/α,β-unsaturated/α-hetero) is 2. The van der Waals surface area contributed by atoms with Gasteiger partial charge in [0.25, 0.3) is 0 Å². The van der Waals surface area contributed by atoms with Crippen molar-refractivity contribution in [2.24, 2.45) is 34.0 Å². The van der Waals surface area contributed by atoms with Gasteiger partial charge in [-0.25, -0.2) is 0 Å². The fourth-order valence-corrected chi connectivity index (χ4v) is 4.77. The Kier molecular flexibility index (Phi) is 14.4. The Morgan fingerprint density at radius 1 is 0.818 bits per heavy atom. The number of carbonyl (C=O) groups is 6. The molecule has 0 radical (unpaired) electrons. The number of benzene rings is 2. The van der Waals surface area contributed by atoms with E-state index < -0.39 is 41.4 Å². The van der Waals surface area contributed by atoms with Crippen molar-refractivity contribution in [3.8, 4) is 0 Å². The second-order valence-electron chi connectivity index (χ2n) is 10.8. The molecule has 44 heavy (non-hydrogen) atoms. The van der Waals surface area contributed by atoms with Crippen LogP contribution in [0.2, 0.25) is 0 Å². The van der Waals surface area contributed by atoms with E-state index in [2.05, 4.69) is 10.3 Å². The third-order valence-electron chi connectivity index (χ3n) is 7.08. The van der Waals surface area contributed by atoms with Crippen LogP contribution >= 0.6 is 0 Å². The molecule has 0 saturated heterocycles. The van der Waals surface area contributed by atoms with Gasteiger partial charge >= 0.3 is 5.97 Å². The van der Waals surface area contributed by atoms with Crippen molar-refractivity contribution in [3.05, 3.63) is 71.3 Å². The maximum Gasteiger partial charge on any atom is 0.303 e. The molecule has 8 N–H and O–H groups in total. The van der Waals surface area contributed by atoms with E-state index in [4.69, 9.17) is 22.3 Å². The molecule has 3 atom stereocenters. The molecule has 0 fully saturated rings. The van der Waals surface area contributed by atoms with E-state index in [1.165, 1.54) is 6.92 Å². The number of guanidine groups is 1. The molecular formula is C32H41N5O7. The number of nitrogens with one attached hydrogen (secondary N) is 1. The van der Waals surface area contributed by atoms with Crippen LogP contribution in [0.25, 0.3) is 0 Å². The van der Waals surface area contributed by atoms with Gasteiger partial charge in [0.05, 0.1) is 6.04 Å². The van der Waals surface area contributed by atoms with Gasteiger partial charge in [0.15, 0.2) is 17.5 Å². The van der Waals surface area contributed by atoms with Crippen LogP contribution in [0, 0.1) is 11.8 Å². The SMILES string of the molecule is CC(=O)C[C@@H](CCCN=C(N)N)C(=O)N[C@@H](CCCC(=O)O)C(=O)C[C@@H](Cc1ccc(C(=O)c2ccccc2)cc1)C(N)=O. The Morgan fingerprint density at radius 2 is 1.45 bits per heavy atom. The number of nitrogens with zero attached hydrogens (tertiary/aromatic N) is 1. The minimum absolute atomic E-state index is 0.0272. The van der Waals surface area contributed by atoms with Crippen LogP contribution in [0.3, 0.4) is 0 Å². The molecule has 0 aliphatic rings. The number of amides is 2. The zero-order valence-electron chi connectivity index (χ0n) is 24.9. The van der Waals surface area contributed by atoms with Gasteiger partial charge in [-0.3, -0.25) is 29.0 Å². The monoisotopic (exact) mass is 607 g/mol. The highest BCUT2D eigenvalue weighted by Gasteiger charge is 2.29. The maximum absolute atomic E-state index is 13.4. The normalized spacial score (nSPS) is 12.8. The summed E-state index contributed by atoms with van der Waals surface area (Å²) in [5.74, 6) is -4.91. The first-order chi connectivity index (χ1) is 20.9. The molecule has 12 heteroatoms. The molecule has 0 heterocycles. The summed E-state index contributed by atoms with van der Waals surface area (Å²) in [5, 5.41) is 11.8. The predicted octanol–water partition coefficient (Wildman–Crippen LogP) is 1.91. The first kappa shape index (κ1) is 35.3. The summed E-state index contributed by atoms with van der Waals surface area (Å²) in [6, 6.07) is 14.4. The van der Waals surface area contributed by atoms with Gasteiger partial charge < -0.3 is 32.4 Å². The Labute approximate surface area is 256 Å². The predicted molar refractivity (Wildman–Crippen MR) is 164 cm³/mol. The number of hydrogen-bond donors (Lipinski definition) is 5. The number of rotatable bonds is 20. The van der Waals surface area contributed by atoms with Gasteiger partial charge in [0.2, 0.25) is 11.8 Å². The van der Waals surface area contributed by atoms with Gasteiger partial charge in [-0.05, 0) is 44.6 Å². The average molecular weight is 608 g/mol. The molecule has 236 valence electrons. The summed E-state index contributed by atoms with van der Waals surface area (Å²) in [5.41, 5.74) is 18.0. The molecule has 0 spiro atoms. The van der Waals surface area contributed by atoms with Crippen molar-refractivity contribution in [3.63, 3.8) is 0 Å². The molecule has 2 rings (SSSR count).